The summed E-state index contributed by atoms with van der Waals surface area (Å²) in [6.07, 6.45) is 0. The minimum absolute atomic E-state index is 0.0825. The number of benzene rings is 3. The molecule has 7 heteroatoms. The predicted molar refractivity (Wildman–Crippen MR) is 146 cm³/mol. The highest BCUT2D eigenvalue weighted by Gasteiger charge is 2.19. The average Bonchev–Trinajstić information content (AvgIpc) is 2.89. The van der Waals surface area contributed by atoms with Crippen LogP contribution < -0.4 is 20.9 Å². The van der Waals surface area contributed by atoms with Crippen molar-refractivity contribution < 1.29 is 9.59 Å². The first-order valence-corrected chi connectivity index (χ1v) is 12.5. The van der Waals surface area contributed by atoms with Crippen LogP contribution in [0.25, 0.3) is 0 Å². The van der Waals surface area contributed by atoms with Gasteiger partial charge in [0.1, 0.15) is 0 Å². The molecule has 0 unspecified atom stereocenters. The van der Waals surface area contributed by atoms with E-state index in [0.29, 0.717) is 23.8 Å². The molecule has 0 radical (unpaired) electrons. The zero-order chi connectivity index (χ0) is 25.5. The van der Waals surface area contributed by atoms with Crippen LogP contribution in [-0.2, 0) is 11.3 Å². The van der Waals surface area contributed by atoms with Gasteiger partial charge in [-0.3, -0.25) is 14.5 Å². The Morgan fingerprint density at radius 2 is 1.61 bits per heavy atom. The van der Waals surface area contributed by atoms with Crippen molar-refractivity contribution in [2.75, 3.05) is 47.8 Å². The molecule has 0 aliphatic carbocycles. The van der Waals surface area contributed by atoms with Gasteiger partial charge in [0.25, 0.3) is 5.91 Å². The summed E-state index contributed by atoms with van der Waals surface area (Å²) in [4.78, 5) is 31.4. The zero-order valence-electron chi connectivity index (χ0n) is 21.1. The van der Waals surface area contributed by atoms with E-state index in [0.717, 1.165) is 43.1 Å². The van der Waals surface area contributed by atoms with Crippen molar-refractivity contribution >= 4 is 28.9 Å². The molecule has 1 heterocycles. The molecule has 1 aliphatic rings. The number of rotatable bonds is 9. The van der Waals surface area contributed by atoms with Crippen molar-refractivity contribution in [3.05, 3.63) is 90.0 Å². The van der Waals surface area contributed by atoms with Crippen molar-refractivity contribution in [3.63, 3.8) is 0 Å². The van der Waals surface area contributed by atoms with Crippen molar-refractivity contribution in [1.29, 1.82) is 0 Å². The predicted octanol–water partition coefficient (Wildman–Crippen LogP) is 3.96. The maximum Gasteiger partial charge on any atom is 0.255 e. The number of anilines is 3. The molecule has 7 nitrogen and oxygen atoms in total. The van der Waals surface area contributed by atoms with E-state index in [2.05, 4.69) is 29.0 Å². The monoisotopic (exact) mass is 485 g/mol. The Morgan fingerprint density at radius 1 is 0.917 bits per heavy atom. The lowest BCUT2D eigenvalue weighted by molar-refractivity contribution is -0.116. The summed E-state index contributed by atoms with van der Waals surface area (Å²) in [5.41, 5.74) is 9.79. The molecule has 1 fully saturated rings. The number of amides is 2. The molecule has 0 saturated carbocycles. The fraction of sp³-hybridized carbons (Fsp3) is 0.310. The first-order chi connectivity index (χ1) is 17.4. The van der Waals surface area contributed by atoms with Crippen LogP contribution in [-0.4, -0.2) is 55.5 Å². The van der Waals surface area contributed by atoms with Crippen LogP contribution in [0.4, 0.5) is 17.1 Å². The number of carbonyl (C=O) groups excluding carboxylic acids is 2. The van der Waals surface area contributed by atoms with Gasteiger partial charge in [0.15, 0.2) is 0 Å². The van der Waals surface area contributed by atoms with Gasteiger partial charge in [0.05, 0.1) is 6.54 Å². The second-order valence-electron chi connectivity index (χ2n) is 9.48. The fourth-order valence-electron chi connectivity index (χ4n) is 4.53. The average molecular weight is 486 g/mol. The number of piperazine rings is 1. The molecular weight excluding hydrogens is 450 g/mol. The Kier molecular flexibility index (Phi) is 8.23. The molecule has 3 N–H and O–H groups in total. The Balaban J connectivity index is 1.41. The summed E-state index contributed by atoms with van der Waals surface area (Å²) in [7, 11) is 0. The Morgan fingerprint density at radius 3 is 2.25 bits per heavy atom. The van der Waals surface area contributed by atoms with E-state index in [4.69, 9.17) is 5.73 Å². The first-order valence-electron chi connectivity index (χ1n) is 12.5. The summed E-state index contributed by atoms with van der Waals surface area (Å²) in [5, 5.41) is 2.99. The maximum atomic E-state index is 13.0. The molecule has 1 saturated heterocycles. The molecule has 1 aliphatic heterocycles. The third-order valence-corrected chi connectivity index (χ3v) is 6.57. The quantitative estimate of drug-likeness (QED) is 0.480. The number of nitrogens with one attached hydrogen (secondary N) is 1. The van der Waals surface area contributed by atoms with Gasteiger partial charge >= 0.3 is 0 Å². The Hall–Kier alpha value is -3.84. The molecule has 188 valence electrons. The molecule has 0 atom stereocenters. The summed E-state index contributed by atoms with van der Waals surface area (Å²) in [6.45, 7) is 9.16. The van der Waals surface area contributed by atoms with Crippen molar-refractivity contribution in [2.24, 2.45) is 5.73 Å². The van der Waals surface area contributed by atoms with Crippen LogP contribution in [0.5, 0.6) is 0 Å². The van der Waals surface area contributed by atoms with Crippen LogP contribution in [0.1, 0.15) is 29.8 Å². The van der Waals surface area contributed by atoms with Gasteiger partial charge in [-0.05, 0) is 61.9 Å². The number of primary amides is 1. The van der Waals surface area contributed by atoms with Crippen LogP contribution in [0.15, 0.2) is 78.9 Å². The molecular formula is C29H35N5O2. The summed E-state index contributed by atoms with van der Waals surface area (Å²) < 4.78 is 0. The Bertz CT molecular complexity index is 1160. The van der Waals surface area contributed by atoms with Gasteiger partial charge < -0.3 is 20.9 Å². The number of carbonyl (C=O) groups is 2. The highest BCUT2D eigenvalue weighted by molar-refractivity contribution is 6.04. The third-order valence-electron chi connectivity index (χ3n) is 6.57. The van der Waals surface area contributed by atoms with Crippen molar-refractivity contribution in [1.82, 2.24) is 4.90 Å². The maximum absolute atomic E-state index is 13.0. The lowest BCUT2D eigenvalue weighted by Gasteiger charge is -2.38. The lowest BCUT2D eigenvalue weighted by atomic mass is 10.1. The summed E-state index contributed by atoms with van der Waals surface area (Å²) in [6, 6.07) is 25.7. The van der Waals surface area contributed by atoms with Gasteiger partial charge in [-0.1, -0.05) is 36.4 Å². The normalized spacial score (nSPS) is 14.0. The highest BCUT2D eigenvalue weighted by atomic mass is 16.2. The highest BCUT2D eigenvalue weighted by Crippen LogP contribution is 2.23. The standard InChI is InChI=1S/C29H35N5O2/c1-22(2)32-15-17-33(18-16-32)26-13-11-24(12-14-26)29(36)31-25-9-6-10-27(19-25)34(21-28(30)35)20-23-7-4-3-5-8-23/h3-14,19,22H,15-18,20-21H2,1-2H3,(H2,30,35)(H,31,36). The van der Waals surface area contributed by atoms with E-state index in [9.17, 15) is 9.59 Å². The summed E-state index contributed by atoms with van der Waals surface area (Å²) in [5.74, 6) is -0.584. The van der Waals surface area contributed by atoms with Gasteiger partial charge in [-0.2, -0.15) is 0 Å². The van der Waals surface area contributed by atoms with Crippen LogP contribution in [0, 0.1) is 0 Å². The topological polar surface area (TPSA) is 81.9 Å². The molecule has 36 heavy (non-hydrogen) atoms. The zero-order valence-corrected chi connectivity index (χ0v) is 21.1. The number of hydrogen-bond acceptors (Lipinski definition) is 5. The molecule has 0 spiro atoms. The van der Waals surface area contributed by atoms with Crippen molar-refractivity contribution in [2.45, 2.75) is 26.4 Å². The molecule has 3 aromatic rings. The SMILES string of the molecule is CC(C)N1CCN(c2ccc(C(=O)Nc3cccc(N(CC(N)=O)Cc4ccccc4)c3)cc2)CC1. The Labute approximate surface area is 213 Å². The number of nitrogens with zero attached hydrogens (tertiary/aromatic N) is 3. The van der Waals surface area contributed by atoms with E-state index in [1.807, 2.05) is 83.8 Å². The van der Waals surface area contributed by atoms with Gasteiger partial charge in [-0.15, -0.1) is 0 Å². The van der Waals surface area contributed by atoms with E-state index in [1.165, 1.54) is 0 Å². The van der Waals surface area contributed by atoms with Crippen molar-refractivity contribution in [3.8, 4) is 0 Å². The lowest BCUT2D eigenvalue weighted by Crippen LogP contribution is -2.48. The third kappa shape index (κ3) is 6.64. The van der Waals surface area contributed by atoms with Crippen LogP contribution >= 0.6 is 0 Å². The van der Waals surface area contributed by atoms with E-state index < -0.39 is 5.91 Å². The molecule has 4 rings (SSSR count). The second kappa shape index (κ2) is 11.7. The van der Waals surface area contributed by atoms with Crippen LogP contribution in [0.3, 0.4) is 0 Å². The smallest absolute Gasteiger partial charge is 0.255 e. The second-order valence-corrected chi connectivity index (χ2v) is 9.48. The largest absolute Gasteiger partial charge is 0.369 e. The minimum Gasteiger partial charge on any atom is -0.369 e. The van der Waals surface area contributed by atoms with Gasteiger partial charge in [-0.25, -0.2) is 0 Å². The van der Waals surface area contributed by atoms with Gasteiger partial charge in [0.2, 0.25) is 5.91 Å². The molecule has 2 amide bonds. The van der Waals surface area contributed by atoms with E-state index in [-0.39, 0.29) is 12.5 Å². The van der Waals surface area contributed by atoms with Crippen LogP contribution in [0.2, 0.25) is 0 Å². The molecule has 3 aromatic carbocycles. The number of nitrogens with two attached hydrogens (primary N) is 1. The molecule has 0 aromatic heterocycles. The number of hydrogen-bond donors (Lipinski definition) is 2. The minimum atomic E-state index is -0.411. The summed E-state index contributed by atoms with van der Waals surface area (Å²) >= 11 is 0. The fourth-order valence-corrected chi connectivity index (χ4v) is 4.53. The first kappa shape index (κ1) is 25.3. The van der Waals surface area contributed by atoms with Gasteiger partial charge in [0, 0.05) is 61.4 Å². The molecule has 0 bridgehead atoms. The van der Waals surface area contributed by atoms with E-state index >= 15 is 0 Å². The van der Waals surface area contributed by atoms with E-state index in [1.54, 1.807) is 0 Å².